The van der Waals surface area contributed by atoms with Gasteiger partial charge in [-0.1, -0.05) is 6.92 Å². The van der Waals surface area contributed by atoms with E-state index >= 15 is 0 Å². The van der Waals surface area contributed by atoms with Crippen molar-refractivity contribution >= 4 is 0 Å². The maximum atomic E-state index is 4.62. The molecule has 1 aliphatic carbocycles. The van der Waals surface area contributed by atoms with Crippen molar-refractivity contribution < 1.29 is 0 Å². The highest BCUT2D eigenvalue weighted by molar-refractivity contribution is 5.01. The lowest BCUT2D eigenvalue weighted by molar-refractivity contribution is 0.390. The van der Waals surface area contributed by atoms with Gasteiger partial charge in [-0.05, 0) is 52.0 Å². The Kier molecular flexibility index (Phi) is 3.87. The Bertz CT molecular complexity index is 352. The van der Waals surface area contributed by atoms with Crippen LogP contribution in [0.2, 0.25) is 0 Å². The average Bonchev–Trinajstić information content (AvgIpc) is 2.94. The summed E-state index contributed by atoms with van der Waals surface area (Å²) in [6.07, 6.45) is 5.88. The number of rotatable bonds is 6. The number of nitrogens with zero attached hydrogens (tertiary/aromatic N) is 2. The molecule has 0 aliphatic heterocycles. The molecule has 0 saturated heterocycles. The maximum Gasteiger partial charge on any atom is 0.0627 e. The summed E-state index contributed by atoms with van der Waals surface area (Å²) < 4.78 is 2.04. The normalized spacial score (nSPS) is 19.6. The van der Waals surface area contributed by atoms with Crippen molar-refractivity contribution in [3.63, 3.8) is 0 Å². The molecule has 0 amide bonds. The molecule has 0 aromatic carbocycles. The molecule has 1 aromatic rings. The van der Waals surface area contributed by atoms with Gasteiger partial charge in [0.05, 0.1) is 5.69 Å². The first-order valence-electron chi connectivity index (χ1n) is 6.86. The van der Waals surface area contributed by atoms with Crippen LogP contribution in [0.25, 0.3) is 0 Å². The van der Waals surface area contributed by atoms with E-state index in [2.05, 4.69) is 50.4 Å². The van der Waals surface area contributed by atoms with Crippen LogP contribution in [0, 0.1) is 5.92 Å². The molecule has 2 unspecified atom stereocenters. The molecule has 3 heteroatoms. The van der Waals surface area contributed by atoms with Gasteiger partial charge in [-0.2, -0.15) is 5.10 Å². The van der Waals surface area contributed by atoms with Gasteiger partial charge in [0.1, 0.15) is 0 Å². The van der Waals surface area contributed by atoms with Gasteiger partial charge in [0, 0.05) is 24.3 Å². The Morgan fingerprint density at radius 1 is 1.35 bits per heavy atom. The predicted molar refractivity (Wildman–Crippen MR) is 71.1 cm³/mol. The van der Waals surface area contributed by atoms with E-state index in [4.69, 9.17) is 0 Å². The Morgan fingerprint density at radius 3 is 2.59 bits per heavy atom. The minimum atomic E-state index is 0.459. The largest absolute Gasteiger partial charge is 0.311 e. The number of nitrogens with one attached hydrogen (secondary N) is 1. The van der Waals surface area contributed by atoms with Crippen molar-refractivity contribution in [3.8, 4) is 0 Å². The van der Waals surface area contributed by atoms with Gasteiger partial charge >= 0.3 is 0 Å². The summed E-state index contributed by atoms with van der Waals surface area (Å²) >= 11 is 0. The van der Waals surface area contributed by atoms with Crippen molar-refractivity contribution in [1.29, 1.82) is 0 Å². The summed E-state index contributed by atoms with van der Waals surface area (Å²) in [5.74, 6) is 0.645. The maximum absolute atomic E-state index is 4.62. The molecule has 0 bridgehead atoms. The SMILES string of the molecule is CC(Cc1ccn(C(C)C)n1)C(C)NC1CC1. The monoisotopic (exact) mass is 235 g/mol. The Labute approximate surface area is 105 Å². The minimum Gasteiger partial charge on any atom is -0.311 e. The van der Waals surface area contributed by atoms with Crippen LogP contribution < -0.4 is 5.32 Å². The van der Waals surface area contributed by atoms with Gasteiger partial charge in [0.2, 0.25) is 0 Å². The van der Waals surface area contributed by atoms with E-state index in [1.165, 1.54) is 18.5 Å². The van der Waals surface area contributed by atoms with E-state index in [1.54, 1.807) is 0 Å². The summed E-state index contributed by atoms with van der Waals surface area (Å²) in [6.45, 7) is 8.94. The number of hydrogen-bond acceptors (Lipinski definition) is 2. The predicted octanol–water partition coefficient (Wildman–Crippen LogP) is 2.78. The van der Waals surface area contributed by atoms with Crippen molar-refractivity contribution in [2.75, 3.05) is 0 Å². The zero-order chi connectivity index (χ0) is 12.4. The van der Waals surface area contributed by atoms with Gasteiger partial charge in [-0.15, -0.1) is 0 Å². The zero-order valence-electron chi connectivity index (χ0n) is 11.5. The van der Waals surface area contributed by atoms with Crippen LogP contribution >= 0.6 is 0 Å². The van der Waals surface area contributed by atoms with Gasteiger partial charge < -0.3 is 5.32 Å². The average molecular weight is 235 g/mol. The highest BCUT2D eigenvalue weighted by Gasteiger charge is 2.25. The van der Waals surface area contributed by atoms with E-state index in [0.29, 0.717) is 18.0 Å². The van der Waals surface area contributed by atoms with Crippen molar-refractivity contribution in [3.05, 3.63) is 18.0 Å². The second kappa shape index (κ2) is 5.21. The minimum absolute atomic E-state index is 0.459. The fraction of sp³-hybridized carbons (Fsp3) is 0.786. The van der Waals surface area contributed by atoms with Crippen LogP contribution in [0.5, 0.6) is 0 Å². The molecular weight excluding hydrogens is 210 g/mol. The lowest BCUT2D eigenvalue weighted by atomic mass is 9.98. The van der Waals surface area contributed by atoms with Gasteiger partial charge in [-0.25, -0.2) is 0 Å². The van der Waals surface area contributed by atoms with Gasteiger partial charge in [0.25, 0.3) is 0 Å². The van der Waals surface area contributed by atoms with Crippen LogP contribution in [0.3, 0.4) is 0 Å². The Morgan fingerprint density at radius 2 is 2.06 bits per heavy atom. The van der Waals surface area contributed by atoms with E-state index in [0.717, 1.165) is 12.5 Å². The summed E-state index contributed by atoms with van der Waals surface area (Å²) in [4.78, 5) is 0. The third-order valence-electron chi connectivity index (χ3n) is 3.65. The first-order valence-corrected chi connectivity index (χ1v) is 6.86. The smallest absolute Gasteiger partial charge is 0.0627 e. The summed E-state index contributed by atoms with van der Waals surface area (Å²) in [5.41, 5.74) is 1.22. The molecule has 0 radical (unpaired) electrons. The fourth-order valence-electron chi connectivity index (χ4n) is 2.07. The quantitative estimate of drug-likeness (QED) is 0.821. The second-order valence-corrected chi connectivity index (χ2v) is 5.79. The molecule has 2 rings (SSSR count). The van der Waals surface area contributed by atoms with Crippen LogP contribution in [0.4, 0.5) is 0 Å². The molecule has 1 saturated carbocycles. The van der Waals surface area contributed by atoms with Crippen LogP contribution in [0.15, 0.2) is 12.3 Å². The zero-order valence-corrected chi connectivity index (χ0v) is 11.5. The summed E-state index contributed by atoms with van der Waals surface area (Å²) in [5, 5.41) is 8.28. The number of hydrogen-bond donors (Lipinski definition) is 1. The molecule has 17 heavy (non-hydrogen) atoms. The molecule has 1 aromatic heterocycles. The molecular formula is C14H25N3. The van der Waals surface area contributed by atoms with E-state index in [1.807, 2.05) is 4.68 Å². The van der Waals surface area contributed by atoms with Gasteiger partial charge in [-0.3, -0.25) is 4.68 Å². The Balaban J connectivity index is 1.85. The summed E-state index contributed by atoms with van der Waals surface area (Å²) in [7, 11) is 0. The highest BCUT2D eigenvalue weighted by atomic mass is 15.3. The first-order chi connectivity index (χ1) is 8.06. The van der Waals surface area contributed by atoms with Crippen LogP contribution in [-0.4, -0.2) is 21.9 Å². The third-order valence-corrected chi connectivity index (χ3v) is 3.65. The second-order valence-electron chi connectivity index (χ2n) is 5.79. The lowest BCUT2D eigenvalue weighted by Gasteiger charge is -2.20. The molecule has 1 N–H and O–H groups in total. The molecule has 2 atom stereocenters. The number of aromatic nitrogens is 2. The fourth-order valence-corrected chi connectivity index (χ4v) is 2.07. The third kappa shape index (κ3) is 3.56. The topological polar surface area (TPSA) is 29.9 Å². The highest BCUT2D eigenvalue weighted by Crippen LogP contribution is 2.21. The van der Waals surface area contributed by atoms with Crippen molar-refractivity contribution in [1.82, 2.24) is 15.1 Å². The van der Waals surface area contributed by atoms with Crippen molar-refractivity contribution in [2.45, 2.75) is 65.1 Å². The van der Waals surface area contributed by atoms with Gasteiger partial charge in [0.15, 0.2) is 0 Å². The van der Waals surface area contributed by atoms with E-state index < -0.39 is 0 Å². The Hall–Kier alpha value is -0.830. The van der Waals surface area contributed by atoms with E-state index in [-0.39, 0.29) is 0 Å². The summed E-state index contributed by atoms with van der Waals surface area (Å²) in [6, 6.07) is 3.99. The van der Waals surface area contributed by atoms with Crippen LogP contribution in [0.1, 0.15) is 52.3 Å². The van der Waals surface area contributed by atoms with Crippen LogP contribution in [-0.2, 0) is 6.42 Å². The van der Waals surface area contributed by atoms with Crippen molar-refractivity contribution in [2.24, 2.45) is 5.92 Å². The molecule has 0 spiro atoms. The first kappa shape index (κ1) is 12.6. The lowest BCUT2D eigenvalue weighted by Crippen LogP contribution is -2.34. The van der Waals surface area contributed by atoms with E-state index in [9.17, 15) is 0 Å². The molecule has 1 aliphatic rings. The molecule has 1 fully saturated rings. The molecule has 96 valence electrons. The molecule has 3 nitrogen and oxygen atoms in total. The molecule has 1 heterocycles. The standard InChI is InChI=1S/C14H25N3/c1-10(2)17-8-7-14(16-17)9-11(3)12(4)15-13-5-6-13/h7-8,10-13,15H,5-6,9H2,1-4H3.